The topological polar surface area (TPSA) is 89.3 Å². The van der Waals surface area contributed by atoms with Crippen molar-refractivity contribution in [1.29, 1.82) is 0 Å². The quantitative estimate of drug-likeness (QED) is 0.387. The van der Waals surface area contributed by atoms with Crippen LogP contribution in [0.4, 0.5) is 5.69 Å². The number of nitrogens with zero attached hydrogens (tertiary/aromatic N) is 1. The summed E-state index contributed by atoms with van der Waals surface area (Å²) in [5.74, 6) is -1.42. The molecule has 1 heterocycles. The van der Waals surface area contributed by atoms with Gasteiger partial charge in [-0.05, 0) is 18.1 Å². The Labute approximate surface area is 111 Å². The van der Waals surface area contributed by atoms with Gasteiger partial charge < -0.3 is 0 Å². The summed E-state index contributed by atoms with van der Waals surface area (Å²) in [6, 6.07) is 4.24. The highest BCUT2D eigenvalue weighted by molar-refractivity contribution is 9.10. The van der Waals surface area contributed by atoms with Crippen molar-refractivity contribution in [3.05, 3.63) is 39.4 Å². The predicted octanol–water partition coefficient (Wildman–Crippen LogP) is 1.41. The lowest BCUT2D eigenvalue weighted by atomic mass is 9.93. The van der Waals surface area contributed by atoms with E-state index in [1.165, 1.54) is 18.2 Å². The first-order chi connectivity index (χ1) is 8.41. The van der Waals surface area contributed by atoms with Crippen LogP contribution in [0.3, 0.4) is 0 Å². The smallest absolute Gasteiger partial charge is 0.269 e. The number of benzene rings is 1. The number of nitrogens with one attached hydrogen (secondary N) is 1. The molecule has 2 rings (SSSR count). The third kappa shape index (κ3) is 2.01. The SMILES string of the molecule is Cc1cc([N+](=O)[O-])ccc1C1C(=O)NC(=O)C1Br. The molecule has 1 aliphatic heterocycles. The summed E-state index contributed by atoms with van der Waals surface area (Å²) < 4.78 is 0. The summed E-state index contributed by atoms with van der Waals surface area (Å²) in [4.78, 5) is 32.5. The number of carbonyl (C=O) groups excluding carboxylic acids is 2. The molecule has 1 fully saturated rings. The standard InChI is InChI=1S/C11H9BrN2O4/c1-5-4-6(14(17)18)2-3-7(5)8-9(12)11(16)13-10(8)15/h2-4,8-9H,1H3,(H,13,15,16). The number of non-ortho nitro benzene ring substituents is 1. The van der Waals surface area contributed by atoms with Gasteiger partial charge in [0.25, 0.3) is 5.69 Å². The van der Waals surface area contributed by atoms with Crippen LogP contribution in [0.15, 0.2) is 18.2 Å². The molecule has 94 valence electrons. The lowest BCUT2D eigenvalue weighted by Gasteiger charge is -2.12. The second-order valence-electron chi connectivity index (χ2n) is 4.03. The highest BCUT2D eigenvalue weighted by Gasteiger charge is 2.41. The number of nitro benzene ring substituents is 1. The number of halogens is 1. The van der Waals surface area contributed by atoms with Gasteiger partial charge in [0.05, 0.1) is 10.8 Å². The van der Waals surface area contributed by atoms with E-state index < -0.39 is 15.7 Å². The first-order valence-corrected chi connectivity index (χ1v) is 6.07. The van der Waals surface area contributed by atoms with Gasteiger partial charge in [-0.25, -0.2) is 0 Å². The molecule has 0 aromatic heterocycles. The van der Waals surface area contributed by atoms with Gasteiger partial charge in [0, 0.05) is 12.1 Å². The number of alkyl halides is 1. The maximum atomic E-state index is 11.7. The summed E-state index contributed by atoms with van der Waals surface area (Å²) in [7, 11) is 0. The Kier molecular flexibility index (Phi) is 3.16. The molecule has 2 amide bonds. The maximum absolute atomic E-state index is 11.7. The van der Waals surface area contributed by atoms with Crippen molar-refractivity contribution >= 4 is 33.4 Å². The van der Waals surface area contributed by atoms with E-state index in [0.29, 0.717) is 11.1 Å². The van der Waals surface area contributed by atoms with E-state index in [-0.39, 0.29) is 17.5 Å². The first kappa shape index (κ1) is 12.7. The maximum Gasteiger partial charge on any atom is 0.269 e. The molecule has 1 aromatic rings. The van der Waals surface area contributed by atoms with Crippen molar-refractivity contribution in [3.63, 3.8) is 0 Å². The Morgan fingerprint density at radius 1 is 1.33 bits per heavy atom. The number of aryl methyl sites for hydroxylation is 1. The largest absolute Gasteiger partial charge is 0.295 e. The second kappa shape index (κ2) is 4.49. The van der Waals surface area contributed by atoms with E-state index in [1.54, 1.807) is 6.92 Å². The number of amides is 2. The van der Waals surface area contributed by atoms with E-state index in [9.17, 15) is 19.7 Å². The molecule has 1 N–H and O–H groups in total. The molecule has 0 radical (unpaired) electrons. The van der Waals surface area contributed by atoms with Gasteiger partial charge in [-0.2, -0.15) is 0 Å². The second-order valence-corrected chi connectivity index (χ2v) is 5.02. The Bertz CT molecular complexity index is 558. The third-order valence-electron chi connectivity index (χ3n) is 2.87. The van der Waals surface area contributed by atoms with Gasteiger partial charge in [0.2, 0.25) is 11.8 Å². The van der Waals surface area contributed by atoms with Crippen LogP contribution in [0, 0.1) is 17.0 Å². The van der Waals surface area contributed by atoms with Crippen molar-refractivity contribution in [2.45, 2.75) is 17.7 Å². The van der Waals surface area contributed by atoms with Crippen molar-refractivity contribution in [2.24, 2.45) is 0 Å². The minimum Gasteiger partial charge on any atom is -0.295 e. The molecule has 0 aliphatic carbocycles. The minimum atomic E-state index is -0.640. The van der Waals surface area contributed by atoms with Gasteiger partial charge in [-0.1, -0.05) is 22.0 Å². The van der Waals surface area contributed by atoms with Crippen LogP contribution < -0.4 is 5.32 Å². The van der Waals surface area contributed by atoms with Crippen LogP contribution in [0.25, 0.3) is 0 Å². The van der Waals surface area contributed by atoms with Gasteiger partial charge in [-0.3, -0.25) is 25.0 Å². The molecule has 1 saturated heterocycles. The van der Waals surface area contributed by atoms with Crippen LogP contribution in [-0.2, 0) is 9.59 Å². The number of hydrogen-bond acceptors (Lipinski definition) is 4. The molecule has 18 heavy (non-hydrogen) atoms. The van der Waals surface area contributed by atoms with E-state index in [2.05, 4.69) is 21.2 Å². The molecular formula is C11H9BrN2O4. The molecule has 7 heteroatoms. The normalized spacial score (nSPS) is 23.0. The van der Waals surface area contributed by atoms with E-state index >= 15 is 0 Å². The van der Waals surface area contributed by atoms with E-state index in [1.807, 2.05) is 0 Å². The van der Waals surface area contributed by atoms with Crippen LogP contribution in [0.5, 0.6) is 0 Å². The van der Waals surface area contributed by atoms with Gasteiger partial charge in [0.1, 0.15) is 4.83 Å². The lowest BCUT2D eigenvalue weighted by Crippen LogP contribution is -2.22. The van der Waals surface area contributed by atoms with Crippen molar-refractivity contribution < 1.29 is 14.5 Å². The van der Waals surface area contributed by atoms with Crippen LogP contribution in [0.2, 0.25) is 0 Å². The minimum absolute atomic E-state index is 0.0351. The Hall–Kier alpha value is -1.76. The number of nitro groups is 1. The first-order valence-electron chi connectivity index (χ1n) is 5.15. The van der Waals surface area contributed by atoms with Crippen LogP contribution >= 0.6 is 15.9 Å². The highest BCUT2D eigenvalue weighted by atomic mass is 79.9. The summed E-state index contributed by atoms with van der Waals surface area (Å²) in [6.07, 6.45) is 0. The number of rotatable bonds is 2. The zero-order chi connectivity index (χ0) is 13.4. The molecule has 6 nitrogen and oxygen atoms in total. The van der Waals surface area contributed by atoms with Crippen LogP contribution in [0.1, 0.15) is 17.0 Å². The van der Waals surface area contributed by atoms with Crippen molar-refractivity contribution in [2.75, 3.05) is 0 Å². The fourth-order valence-corrected chi connectivity index (χ4v) is 2.61. The average molecular weight is 313 g/mol. The Morgan fingerprint density at radius 2 is 2.00 bits per heavy atom. The summed E-state index contributed by atoms with van der Waals surface area (Å²) in [5, 5.41) is 12.9. The highest BCUT2D eigenvalue weighted by Crippen LogP contribution is 2.33. The number of imide groups is 1. The van der Waals surface area contributed by atoms with Gasteiger partial charge >= 0.3 is 0 Å². The fraction of sp³-hybridized carbons (Fsp3) is 0.273. The predicted molar refractivity (Wildman–Crippen MR) is 66.4 cm³/mol. The monoisotopic (exact) mass is 312 g/mol. The van der Waals surface area contributed by atoms with Crippen molar-refractivity contribution in [3.8, 4) is 0 Å². The van der Waals surface area contributed by atoms with E-state index in [4.69, 9.17) is 0 Å². The molecule has 0 saturated carbocycles. The summed E-state index contributed by atoms with van der Waals surface area (Å²) >= 11 is 3.16. The van der Waals surface area contributed by atoms with E-state index in [0.717, 1.165) is 0 Å². The summed E-state index contributed by atoms with van der Waals surface area (Å²) in [5.41, 5.74) is 1.20. The molecule has 1 aliphatic rings. The van der Waals surface area contributed by atoms with Gasteiger partial charge in [0.15, 0.2) is 0 Å². The molecule has 2 unspecified atom stereocenters. The zero-order valence-electron chi connectivity index (χ0n) is 9.34. The third-order valence-corrected chi connectivity index (χ3v) is 3.82. The Balaban J connectivity index is 2.43. The molecule has 0 spiro atoms. The Morgan fingerprint density at radius 3 is 2.44 bits per heavy atom. The zero-order valence-corrected chi connectivity index (χ0v) is 10.9. The average Bonchev–Trinajstić information content (AvgIpc) is 2.54. The number of hydrogen-bond donors (Lipinski definition) is 1. The summed E-state index contributed by atoms with van der Waals surface area (Å²) in [6.45, 7) is 1.68. The molecule has 1 aromatic carbocycles. The lowest BCUT2D eigenvalue weighted by molar-refractivity contribution is -0.384. The van der Waals surface area contributed by atoms with Gasteiger partial charge in [-0.15, -0.1) is 0 Å². The molecular weight excluding hydrogens is 304 g/mol. The fourth-order valence-electron chi connectivity index (χ4n) is 1.97. The number of carbonyl (C=O) groups is 2. The molecule has 2 atom stereocenters. The van der Waals surface area contributed by atoms with Crippen molar-refractivity contribution in [1.82, 2.24) is 5.32 Å². The van der Waals surface area contributed by atoms with Crippen LogP contribution in [-0.4, -0.2) is 21.6 Å². The molecule has 0 bridgehead atoms.